The van der Waals surface area contributed by atoms with E-state index in [0.717, 1.165) is 15.4 Å². The number of aromatic nitrogens is 1. The summed E-state index contributed by atoms with van der Waals surface area (Å²) in [4.78, 5) is 29.0. The predicted octanol–water partition coefficient (Wildman–Crippen LogP) is 3.61. The lowest BCUT2D eigenvalue weighted by molar-refractivity contribution is -0.144. The zero-order valence-corrected chi connectivity index (χ0v) is 14.3. The van der Waals surface area contributed by atoms with Gasteiger partial charge in [0.2, 0.25) is 11.3 Å². The summed E-state index contributed by atoms with van der Waals surface area (Å²) in [5, 5.41) is 3.88. The highest BCUT2D eigenvalue weighted by molar-refractivity contribution is 9.10. The molecule has 2 aromatic carbocycles. The van der Waals surface area contributed by atoms with E-state index in [9.17, 15) is 9.59 Å². The van der Waals surface area contributed by atoms with Crippen LogP contribution in [0.1, 0.15) is 15.9 Å². The normalized spacial score (nSPS) is 19.2. The number of carbonyl (C=O) groups excluding carboxylic acids is 2. The van der Waals surface area contributed by atoms with E-state index >= 15 is 0 Å². The Hall–Kier alpha value is -2.60. The van der Waals surface area contributed by atoms with E-state index in [1.54, 1.807) is 24.4 Å². The number of ketones is 1. The average Bonchev–Trinajstić information content (AvgIpc) is 3.16. The summed E-state index contributed by atoms with van der Waals surface area (Å²) < 4.78 is 5.80. The topological polar surface area (TPSA) is 71.2 Å². The van der Waals surface area contributed by atoms with Gasteiger partial charge in [0.05, 0.1) is 7.11 Å². The number of rotatable bonds is 2. The molecule has 1 atom stereocenters. The van der Waals surface area contributed by atoms with Gasteiger partial charge < -0.3 is 15.0 Å². The van der Waals surface area contributed by atoms with Crippen LogP contribution in [0.5, 0.6) is 0 Å². The Morgan fingerprint density at radius 2 is 1.96 bits per heavy atom. The maximum atomic E-state index is 13.2. The van der Waals surface area contributed by atoms with E-state index in [0.29, 0.717) is 16.8 Å². The minimum Gasteiger partial charge on any atom is -0.467 e. The molecule has 2 N–H and O–H groups in total. The molecule has 1 aliphatic rings. The summed E-state index contributed by atoms with van der Waals surface area (Å²) in [5.41, 5.74) is 0.866. The van der Waals surface area contributed by atoms with E-state index in [1.165, 1.54) is 7.11 Å². The highest BCUT2D eigenvalue weighted by Crippen LogP contribution is 2.44. The van der Waals surface area contributed by atoms with Crippen molar-refractivity contribution in [1.29, 1.82) is 0 Å². The molecule has 0 radical (unpaired) electrons. The smallest absolute Gasteiger partial charge is 0.344 e. The van der Waals surface area contributed by atoms with Crippen LogP contribution in [0, 0.1) is 0 Å². The molecule has 0 aliphatic carbocycles. The van der Waals surface area contributed by atoms with Crippen LogP contribution in [0.3, 0.4) is 0 Å². The Bertz CT molecular complexity index is 995. The Balaban J connectivity index is 2.04. The fraction of sp³-hybridized carbons (Fsp3) is 0.111. The van der Waals surface area contributed by atoms with Crippen molar-refractivity contribution in [2.75, 3.05) is 12.4 Å². The van der Waals surface area contributed by atoms with Gasteiger partial charge in [0.15, 0.2) is 0 Å². The largest absolute Gasteiger partial charge is 0.467 e. The standard InChI is InChI=1S/C18H13BrN2O3/c1-24-17(23)18(16(22)10-5-2-3-7-13(10)21-18)11-9-20-14-8-4-6-12(19)15(11)14/h2-9,20-21H,1H3. The first-order valence-corrected chi connectivity index (χ1v) is 8.15. The van der Waals surface area contributed by atoms with Crippen LogP contribution in [-0.4, -0.2) is 23.8 Å². The number of fused-ring (bicyclic) bond motifs is 2. The molecule has 0 bridgehead atoms. The van der Waals surface area contributed by atoms with E-state index in [2.05, 4.69) is 26.2 Å². The summed E-state index contributed by atoms with van der Waals surface area (Å²) in [6.45, 7) is 0. The van der Waals surface area contributed by atoms with Crippen LogP contribution in [0.25, 0.3) is 10.9 Å². The second-order valence-electron chi connectivity index (χ2n) is 5.61. The first kappa shape index (κ1) is 15.0. The molecule has 0 fully saturated rings. The number of H-pyrrole nitrogens is 1. The molecule has 6 heteroatoms. The first-order chi connectivity index (χ1) is 11.6. The highest BCUT2D eigenvalue weighted by atomic mass is 79.9. The lowest BCUT2D eigenvalue weighted by Crippen LogP contribution is -2.47. The van der Waals surface area contributed by atoms with Gasteiger partial charge in [0.1, 0.15) is 0 Å². The molecule has 120 valence electrons. The molecule has 4 rings (SSSR count). The van der Waals surface area contributed by atoms with E-state index in [-0.39, 0.29) is 5.78 Å². The number of hydrogen-bond acceptors (Lipinski definition) is 4. The molecule has 1 unspecified atom stereocenters. The molecule has 0 saturated carbocycles. The number of carbonyl (C=O) groups is 2. The quantitative estimate of drug-likeness (QED) is 0.522. The van der Waals surface area contributed by atoms with Crippen molar-refractivity contribution in [1.82, 2.24) is 4.98 Å². The number of benzene rings is 2. The Labute approximate surface area is 146 Å². The summed E-state index contributed by atoms with van der Waals surface area (Å²) in [5.74, 6) is -0.957. The number of methoxy groups -OCH3 is 1. The minimum absolute atomic E-state index is 0.318. The van der Waals surface area contributed by atoms with Gasteiger partial charge in [-0.05, 0) is 24.3 Å². The van der Waals surface area contributed by atoms with Crippen LogP contribution in [0.2, 0.25) is 0 Å². The van der Waals surface area contributed by atoms with Crippen molar-refractivity contribution in [2.45, 2.75) is 5.54 Å². The third-order valence-electron chi connectivity index (χ3n) is 4.38. The summed E-state index contributed by atoms with van der Waals surface area (Å²) in [6.07, 6.45) is 1.68. The van der Waals surface area contributed by atoms with E-state index < -0.39 is 11.5 Å². The van der Waals surface area contributed by atoms with Gasteiger partial charge in [-0.25, -0.2) is 4.79 Å². The van der Waals surface area contributed by atoms with Gasteiger partial charge in [0, 0.05) is 38.4 Å². The second-order valence-corrected chi connectivity index (χ2v) is 6.46. The van der Waals surface area contributed by atoms with Crippen molar-refractivity contribution >= 4 is 44.3 Å². The van der Waals surface area contributed by atoms with Crippen LogP contribution >= 0.6 is 15.9 Å². The molecule has 0 spiro atoms. The van der Waals surface area contributed by atoms with Crippen LogP contribution < -0.4 is 5.32 Å². The van der Waals surface area contributed by atoms with Gasteiger partial charge >= 0.3 is 5.97 Å². The molecule has 2 heterocycles. The number of anilines is 1. The SMILES string of the molecule is COC(=O)C1(c2c[nH]c3cccc(Br)c23)Nc2ccccc2C1=O. The monoisotopic (exact) mass is 384 g/mol. The van der Waals surface area contributed by atoms with Crippen LogP contribution in [-0.2, 0) is 15.1 Å². The van der Waals surface area contributed by atoms with Gasteiger partial charge in [0.25, 0.3) is 0 Å². The second kappa shape index (κ2) is 5.21. The lowest BCUT2D eigenvalue weighted by atomic mass is 9.85. The summed E-state index contributed by atoms with van der Waals surface area (Å²) in [6, 6.07) is 12.7. The molecule has 5 nitrogen and oxygen atoms in total. The van der Waals surface area contributed by atoms with Gasteiger partial charge in [-0.15, -0.1) is 0 Å². The maximum absolute atomic E-state index is 13.2. The first-order valence-electron chi connectivity index (χ1n) is 7.36. The Morgan fingerprint density at radius 1 is 1.17 bits per heavy atom. The number of esters is 1. The maximum Gasteiger partial charge on any atom is 0.344 e. The number of halogens is 1. The molecule has 0 amide bonds. The lowest BCUT2D eigenvalue weighted by Gasteiger charge is -2.25. The van der Waals surface area contributed by atoms with Crippen LogP contribution in [0.4, 0.5) is 5.69 Å². The Kier molecular flexibility index (Phi) is 3.25. The fourth-order valence-corrected chi connectivity index (χ4v) is 3.86. The number of aromatic amines is 1. The van der Waals surface area contributed by atoms with E-state index in [1.807, 2.05) is 24.3 Å². The van der Waals surface area contributed by atoms with Crippen molar-refractivity contribution < 1.29 is 14.3 Å². The fourth-order valence-electron chi connectivity index (χ4n) is 3.28. The number of ether oxygens (including phenoxy) is 1. The minimum atomic E-state index is -1.60. The summed E-state index contributed by atoms with van der Waals surface area (Å²) in [7, 11) is 1.28. The molecular weight excluding hydrogens is 372 g/mol. The van der Waals surface area contributed by atoms with Crippen LogP contribution in [0.15, 0.2) is 53.1 Å². The zero-order valence-electron chi connectivity index (χ0n) is 12.7. The van der Waals surface area contributed by atoms with Crippen molar-refractivity contribution in [3.05, 3.63) is 64.3 Å². The van der Waals surface area contributed by atoms with E-state index in [4.69, 9.17) is 4.74 Å². The number of para-hydroxylation sites is 1. The van der Waals surface area contributed by atoms with Gasteiger partial charge in [-0.3, -0.25) is 4.79 Å². The van der Waals surface area contributed by atoms with Crippen molar-refractivity contribution in [3.8, 4) is 0 Å². The van der Waals surface area contributed by atoms with Crippen molar-refractivity contribution in [3.63, 3.8) is 0 Å². The van der Waals surface area contributed by atoms with Gasteiger partial charge in [-0.1, -0.05) is 34.1 Å². The van der Waals surface area contributed by atoms with Gasteiger partial charge in [-0.2, -0.15) is 0 Å². The third kappa shape index (κ3) is 1.80. The molecule has 1 aliphatic heterocycles. The average molecular weight is 385 g/mol. The number of Topliss-reactive ketones (excluding diaryl/α,β-unsaturated/α-hetero) is 1. The van der Waals surface area contributed by atoms with Crippen molar-refractivity contribution in [2.24, 2.45) is 0 Å². The molecule has 1 aromatic heterocycles. The third-order valence-corrected chi connectivity index (χ3v) is 5.05. The molecule has 3 aromatic rings. The zero-order chi connectivity index (χ0) is 16.9. The number of nitrogens with one attached hydrogen (secondary N) is 2. The molecule has 0 saturated heterocycles. The highest BCUT2D eigenvalue weighted by Gasteiger charge is 2.55. The predicted molar refractivity (Wildman–Crippen MR) is 94.1 cm³/mol. The molecular formula is C18H13BrN2O3. The summed E-state index contributed by atoms with van der Waals surface area (Å²) >= 11 is 3.51. The number of hydrogen-bond donors (Lipinski definition) is 2. The Morgan fingerprint density at radius 3 is 2.71 bits per heavy atom. The molecule has 24 heavy (non-hydrogen) atoms.